The van der Waals surface area contributed by atoms with Crippen molar-refractivity contribution in [2.75, 3.05) is 5.73 Å². The fraction of sp³-hybridized carbons (Fsp3) is 0. The van der Waals surface area contributed by atoms with E-state index in [1.807, 2.05) is 18.2 Å². The van der Waals surface area contributed by atoms with Crippen LogP contribution in [0.4, 0.5) is 5.69 Å². The van der Waals surface area contributed by atoms with E-state index in [9.17, 15) is 4.79 Å². The number of benzene rings is 1. The average molecular weight is 364 g/mol. The molecule has 3 aromatic heterocycles. The lowest BCUT2D eigenvalue weighted by Gasteiger charge is -2.08. The van der Waals surface area contributed by atoms with Crippen molar-refractivity contribution < 1.29 is 0 Å². The van der Waals surface area contributed by atoms with Crippen LogP contribution in [0.25, 0.3) is 23.5 Å². The van der Waals surface area contributed by atoms with Gasteiger partial charge in [0.1, 0.15) is 5.15 Å². The molecule has 6 nitrogen and oxygen atoms in total. The van der Waals surface area contributed by atoms with Crippen LogP contribution >= 0.6 is 11.6 Å². The number of aromatic nitrogens is 4. The molecule has 0 amide bonds. The predicted molar refractivity (Wildman–Crippen MR) is 103 cm³/mol. The first-order valence-corrected chi connectivity index (χ1v) is 8.25. The predicted octanol–water partition coefficient (Wildman–Crippen LogP) is 3.29. The van der Waals surface area contributed by atoms with Crippen molar-refractivity contribution in [1.29, 1.82) is 0 Å². The van der Waals surface area contributed by atoms with Crippen LogP contribution in [-0.4, -0.2) is 19.2 Å². The van der Waals surface area contributed by atoms with Crippen LogP contribution < -0.4 is 11.3 Å². The minimum atomic E-state index is -0.232. The third-order valence-corrected chi connectivity index (χ3v) is 4.13. The van der Waals surface area contributed by atoms with Gasteiger partial charge in [0.15, 0.2) is 5.65 Å². The van der Waals surface area contributed by atoms with Gasteiger partial charge < -0.3 is 5.73 Å². The Morgan fingerprint density at radius 3 is 2.62 bits per heavy atom. The molecule has 0 aliphatic carbocycles. The summed E-state index contributed by atoms with van der Waals surface area (Å²) in [5.74, 6) is 0. The summed E-state index contributed by atoms with van der Waals surface area (Å²) >= 11 is 6.34. The maximum absolute atomic E-state index is 12.7. The lowest BCUT2D eigenvalue weighted by Crippen LogP contribution is -2.20. The first kappa shape index (κ1) is 16.1. The zero-order chi connectivity index (χ0) is 18.1. The Morgan fingerprint density at radius 1 is 1.08 bits per heavy atom. The second-order valence-corrected chi connectivity index (χ2v) is 6.07. The van der Waals surface area contributed by atoms with E-state index in [0.29, 0.717) is 22.2 Å². The van der Waals surface area contributed by atoms with Gasteiger partial charge in [0.25, 0.3) is 5.56 Å². The molecule has 2 N–H and O–H groups in total. The Morgan fingerprint density at radius 2 is 1.88 bits per heavy atom. The largest absolute Gasteiger partial charge is 0.399 e. The molecule has 0 radical (unpaired) electrons. The van der Waals surface area contributed by atoms with Gasteiger partial charge in [-0.3, -0.25) is 9.78 Å². The van der Waals surface area contributed by atoms with Gasteiger partial charge in [0, 0.05) is 30.2 Å². The number of hydrogen-bond donors (Lipinski definition) is 1. The lowest BCUT2D eigenvalue weighted by atomic mass is 10.2. The molecule has 0 saturated carbocycles. The van der Waals surface area contributed by atoms with E-state index in [1.165, 1.54) is 10.6 Å². The number of nitrogens with zero attached hydrogens (tertiary/aromatic N) is 4. The molecule has 3 heterocycles. The summed E-state index contributed by atoms with van der Waals surface area (Å²) in [5, 5.41) is 0.382. The zero-order valence-electron chi connectivity index (χ0n) is 13.6. The van der Waals surface area contributed by atoms with Crippen LogP contribution in [0, 0.1) is 0 Å². The molecule has 0 aliphatic heterocycles. The number of halogens is 1. The summed E-state index contributed by atoms with van der Waals surface area (Å²) < 4.78 is 3.02. The van der Waals surface area contributed by atoms with Crippen LogP contribution in [0.1, 0.15) is 11.3 Å². The highest BCUT2D eigenvalue weighted by molar-refractivity contribution is 6.30. The molecule has 7 heteroatoms. The average Bonchev–Trinajstić information content (AvgIpc) is 2.98. The van der Waals surface area contributed by atoms with E-state index < -0.39 is 0 Å². The molecule has 128 valence electrons. The highest BCUT2D eigenvalue weighted by Gasteiger charge is 2.12. The summed E-state index contributed by atoms with van der Waals surface area (Å²) in [5.41, 5.74) is 8.79. The smallest absolute Gasteiger partial charge is 0.273 e. The molecule has 0 aliphatic rings. The van der Waals surface area contributed by atoms with Crippen molar-refractivity contribution in [3.05, 3.63) is 87.7 Å². The monoisotopic (exact) mass is 363 g/mol. The number of pyridine rings is 1. The molecule has 0 saturated heterocycles. The number of nitrogens with two attached hydrogens (primary N) is 1. The van der Waals surface area contributed by atoms with Crippen LogP contribution in [0.5, 0.6) is 0 Å². The Kier molecular flexibility index (Phi) is 4.02. The van der Waals surface area contributed by atoms with E-state index in [0.717, 1.165) is 11.3 Å². The van der Waals surface area contributed by atoms with E-state index in [2.05, 4.69) is 9.97 Å². The van der Waals surface area contributed by atoms with Crippen molar-refractivity contribution in [3.63, 3.8) is 0 Å². The van der Waals surface area contributed by atoms with Crippen molar-refractivity contribution in [2.45, 2.75) is 0 Å². The number of fused-ring (bicyclic) bond motifs is 1. The van der Waals surface area contributed by atoms with Crippen molar-refractivity contribution >= 4 is 35.1 Å². The van der Waals surface area contributed by atoms with Gasteiger partial charge >= 0.3 is 0 Å². The van der Waals surface area contributed by atoms with Gasteiger partial charge in [-0.15, -0.1) is 0 Å². The Labute approximate surface area is 153 Å². The van der Waals surface area contributed by atoms with Crippen molar-refractivity contribution in [1.82, 2.24) is 19.2 Å². The topological polar surface area (TPSA) is 78.2 Å². The first-order valence-electron chi connectivity index (χ1n) is 7.87. The van der Waals surface area contributed by atoms with Gasteiger partial charge in [-0.2, -0.15) is 4.52 Å². The quantitative estimate of drug-likeness (QED) is 0.566. The van der Waals surface area contributed by atoms with E-state index in [1.54, 1.807) is 53.5 Å². The van der Waals surface area contributed by atoms with Crippen molar-refractivity contribution in [2.24, 2.45) is 0 Å². The summed E-state index contributed by atoms with van der Waals surface area (Å²) in [7, 11) is 0. The summed E-state index contributed by atoms with van der Waals surface area (Å²) in [6, 6.07) is 14.0. The fourth-order valence-corrected chi connectivity index (χ4v) is 2.94. The summed E-state index contributed by atoms with van der Waals surface area (Å²) in [6.07, 6.45) is 7.06. The lowest BCUT2D eigenvalue weighted by molar-refractivity contribution is 0.764. The highest BCUT2D eigenvalue weighted by Crippen LogP contribution is 2.20. The number of hydrogen-bond acceptors (Lipinski definition) is 4. The maximum atomic E-state index is 12.7. The molecule has 26 heavy (non-hydrogen) atoms. The number of anilines is 1. The van der Waals surface area contributed by atoms with Gasteiger partial charge in [-0.05, 0) is 42.0 Å². The van der Waals surface area contributed by atoms with E-state index in [4.69, 9.17) is 17.3 Å². The molecule has 0 bridgehead atoms. The third-order valence-electron chi connectivity index (χ3n) is 3.86. The molecule has 0 atom stereocenters. The standard InChI is InChI=1S/C19H14ClN5O/c20-17-11-18-23-15(6-3-13-2-1-9-22-12-13)10-19(26)25(18)24(17)16-7-4-14(21)5-8-16/h1-12H,21H2/b6-3+. The second kappa shape index (κ2) is 6.50. The SMILES string of the molecule is Nc1ccc(-n2c(Cl)cc3nc(/C=C/c4cccnc4)cc(=O)n32)cc1. The maximum Gasteiger partial charge on any atom is 0.273 e. The first-order chi connectivity index (χ1) is 12.6. The highest BCUT2D eigenvalue weighted by atomic mass is 35.5. The van der Waals surface area contributed by atoms with Crippen LogP contribution in [0.15, 0.2) is 65.7 Å². The van der Waals surface area contributed by atoms with Crippen LogP contribution in [0.3, 0.4) is 0 Å². The minimum Gasteiger partial charge on any atom is -0.399 e. The Hall–Kier alpha value is -3.38. The zero-order valence-corrected chi connectivity index (χ0v) is 14.3. The molecule has 4 aromatic rings. The number of rotatable bonds is 3. The van der Waals surface area contributed by atoms with Gasteiger partial charge in [-0.25, -0.2) is 9.67 Å². The second-order valence-electron chi connectivity index (χ2n) is 5.68. The molecule has 1 aromatic carbocycles. The normalized spacial score (nSPS) is 11.4. The van der Waals surface area contributed by atoms with Crippen LogP contribution in [0.2, 0.25) is 5.15 Å². The third kappa shape index (κ3) is 2.98. The molecule has 4 rings (SSSR count). The number of nitrogen functional groups attached to an aromatic ring is 1. The van der Waals surface area contributed by atoms with Gasteiger partial charge in [0.05, 0.1) is 11.4 Å². The van der Waals surface area contributed by atoms with E-state index in [-0.39, 0.29) is 5.56 Å². The molecule has 0 spiro atoms. The van der Waals surface area contributed by atoms with Crippen molar-refractivity contribution in [3.8, 4) is 5.69 Å². The summed E-state index contributed by atoms with van der Waals surface area (Å²) in [4.78, 5) is 21.2. The minimum absolute atomic E-state index is 0.232. The summed E-state index contributed by atoms with van der Waals surface area (Å²) in [6.45, 7) is 0. The van der Waals surface area contributed by atoms with Gasteiger partial charge in [-0.1, -0.05) is 23.7 Å². The molecule has 0 fully saturated rings. The molecular formula is C19H14ClN5O. The fourth-order valence-electron chi connectivity index (χ4n) is 2.67. The Bertz CT molecular complexity index is 1160. The van der Waals surface area contributed by atoms with Crippen LogP contribution in [-0.2, 0) is 0 Å². The Balaban J connectivity index is 1.81. The molecular weight excluding hydrogens is 350 g/mol. The molecule has 0 unspecified atom stereocenters. The van der Waals surface area contributed by atoms with E-state index >= 15 is 0 Å². The van der Waals surface area contributed by atoms with Gasteiger partial charge in [0.2, 0.25) is 0 Å².